The van der Waals surface area contributed by atoms with E-state index >= 15 is 0 Å². The Hall–Kier alpha value is -2.80. The molecular weight excluding hydrogens is 368 g/mol. The summed E-state index contributed by atoms with van der Waals surface area (Å²) in [7, 11) is 2.95. The van der Waals surface area contributed by atoms with E-state index in [-0.39, 0.29) is 5.75 Å². The van der Waals surface area contributed by atoms with Gasteiger partial charge in [-0.2, -0.15) is 8.78 Å². The molecule has 0 unspecified atom stereocenters. The number of halogens is 3. The van der Waals surface area contributed by atoms with Gasteiger partial charge in [0.2, 0.25) is 5.91 Å². The number of hydrogen-bond acceptors (Lipinski definition) is 4. The van der Waals surface area contributed by atoms with Crippen molar-refractivity contribution in [2.45, 2.75) is 6.61 Å². The SMILES string of the molecule is COc1cc(C=CC(=O)Nc2cccc(OC(F)F)c2)cc(Cl)c1OC. The summed E-state index contributed by atoms with van der Waals surface area (Å²) < 4.78 is 39.1. The van der Waals surface area contributed by atoms with Crippen LogP contribution in [0.5, 0.6) is 17.2 Å². The summed E-state index contributed by atoms with van der Waals surface area (Å²) in [6.45, 7) is -2.93. The zero-order valence-electron chi connectivity index (χ0n) is 14.0. The molecule has 8 heteroatoms. The lowest BCUT2D eigenvalue weighted by Crippen LogP contribution is -2.08. The molecule has 0 spiro atoms. The Morgan fingerprint density at radius 3 is 2.62 bits per heavy atom. The molecule has 2 aromatic carbocycles. The van der Waals surface area contributed by atoms with Crippen LogP contribution in [0.4, 0.5) is 14.5 Å². The molecule has 2 aromatic rings. The Morgan fingerprint density at radius 2 is 1.96 bits per heavy atom. The topological polar surface area (TPSA) is 56.8 Å². The monoisotopic (exact) mass is 383 g/mol. The van der Waals surface area contributed by atoms with Crippen molar-refractivity contribution in [2.75, 3.05) is 19.5 Å². The van der Waals surface area contributed by atoms with E-state index in [4.69, 9.17) is 21.1 Å². The van der Waals surface area contributed by atoms with Crippen molar-refractivity contribution in [1.29, 1.82) is 0 Å². The summed E-state index contributed by atoms with van der Waals surface area (Å²) in [5.41, 5.74) is 0.945. The van der Waals surface area contributed by atoms with Crippen molar-refractivity contribution < 1.29 is 27.8 Å². The molecule has 0 saturated carbocycles. The van der Waals surface area contributed by atoms with E-state index in [2.05, 4.69) is 10.1 Å². The molecule has 0 atom stereocenters. The fourth-order valence-electron chi connectivity index (χ4n) is 2.14. The zero-order chi connectivity index (χ0) is 19.1. The molecule has 138 valence electrons. The van der Waals surface area contributed by atoms with E-state index in [9.17, 15) is 13.6 Å². The average Bonchev–Trinajstić information content (AvgIpc) is 2.59. The second-order valence-electron chi connectivity index (χ2n) is 4.97. The molecule has 0 saturated heterocycles. The number of carbonyl (C=O) groups is 1. The third-order valence-corrected chi connectivity index (χ3v) is 3.49. The number of benzene rings is 2. The molecule has 1 N–H and O–H groups in total. The smallest absolute Gasteiger partial charge is 0.387 e. The van der Waals surface area contributed by atoms with Gasteiger partial charge in [0.15, 0.2) is 11.5 Å². The van der Waals surface area contributed by atoms with Gasteiger partial charge in [-0.25, -0.2) is 0 Å². The molecule has 0 fully saturated rings. The third kappa shape index (κ3) is 5.35. The number of methoxy groups -OCH3 is 2. The molecule has 26 heavy (non-hydrogen) atoms. The van der Waals surface area contributed by atoms with Gasteiger partial charge in [-0.1, -0.05) is 17.7 Å². The average molecular weight is 384 g/mol. The zero-order valence-corrected chi connectivity index (χ0v) is 14.7. The van der Waals surface area contributed by atoms with Crippen LogP contribution in [0.1, 0.15) is 5.56 Å². The van der Waals surface area contributed by atoms with Crippen molar-refractivity contribution >= 4 is 29.3 Å². The number of carbonyl (C=O) groups excluding carboxylic acids is 1. The maximum absolute atomic E-state index is 12.2. The standard InChI is InChI=1S/C18H16ClF2NO4/c1-24-15-9-11(8-14(19)17(15)25-2)6-7-16(23)22-12-4-3-5-13(10-12)26-18(20)21/h3-10,18H,1-2H3,(H,22,23). The molecule has 0 aliphatic heterocycles. The Bertz CT molecular complexity index is 812. The quantitative estimate of drug-likeness (QED) is 0.709. The van der Waals surface area contributed by atoms with Crippen LogP contribution in [-0.2, 0) is 4.79 Å². The van der Waals surface area contributed by atoms with Gasteiger partial charge < -0.3 is 19.5 Å². The van der Waals surface area contributed by atoms with Crippen LogP contribution in [0.2, 0.25) is 5.02 Å². The van der Waals surface area contributed by atoms with E-state index < -0.39 is 12.5 Å². The van der Waals surface area contributed by atoms with Crippen LogP contribution in [0.15, 0.2) is 42.5 Å². The van der Waals surface area contributed by atoms with E-state index in [0.717, 1.165) is 0 Å². The van der Waals surface area contributed by atoms with E-state index in [1.807, 2.05) is 0 Å². The molecule has 0 heterocycles. The van der Waals surface area contributed by atoms with Crippen LogP contribution in [0.3, 0.4) is 0 Å². The van der Waals surface area contributed by atoms with E-state index in [1.165, 1.54) is 44.6 Å². The fraction of sp³-hybridized carbons (Fsp3) is 0.167. The predicted molar refractivity (Wildman–Crippen MR) is 95.3 cm³/mol. The highest BCUT2D eigenvalue weighted by atomic mass is 35.5. The van der Waals surface area contributed by atoms with Gasteiger partial charge in [0.1, 0.15) is 5.75 Å². The number of hydrogen-bond donors (Lipinski definition) is 1. The van der Waals surface area contributed by atoms with Crippen molar-refractivity contribution in [1.82, 2.24) is 0 Å². The summed E-state index contributed by atoms with van der Waals surface area (Å²) in [4.78, 5) is 12.0. The van der Waals surface area contributed by atoms with Crippen LogP contribution in [0, 0.1) is 0 Å². The maximum Gasteiger partial charge on any atom is 0.387 e. The van der Waals surface area contributed by atoms with Crippen LogP contribution in [0.25, 0.3) is 6.08 Å². The van der Waals surface area contributed by atoms with Gasteiger partial charge in [0, 0.05) is 17.8 Å². The Labute approximate surface area is 154 Å². The largest absolute Gasteiger partial charge is 0.493 e. The second-order valence-corrected chi connectivity index (χ2v) is 5.37. The van der Waals surface area contributed by atoms with Gasteiger partial charge in [-0.05, 0) is 35.9 Å². The summed E-state index contributed by atoms with van der Waals surface area (Å²) in [6, 6.07) is 8.98. The minimum absolute atomic E-state index is 0.0477. The second kappa shape index (κ2) is 9.05. The van der Waals surface area contributed by atoms with Gasteiger partial charge in [-0.15, -0.1) is 0 Å². The van der Waals surface area contributed by atoms with Crippen molar-refractivity contribution in [3.8, 4) is 17.2 Å². The Balaban J connectivity index is 2.09. The first-order valence-electron chi connectivity index (χ1n) is 7.38. The fourth-order valence-corrected chi connectivity index (χ4v) is 2.44. The number of anilines is 1. The minimum atomic E-state index is -2.93. The van der Waals surface area contributed by atoms with Gasteiger partial charge >= 0.3 is 6.61 Å². The highest BCUT2D eigenvalue weighted by Crippen LogP contribution is 2.36. The molecule has 0 bridgehead atoms. The van der Waals surface area contributed by atoms with Crippen LogP contribution < -0.4 is 19.5 Å². The van der Waals surface area contributed by atoms with Gasteiger partial charge in [0.05, 0.1) is 19.2 Å². The normalized spacial score (nSPS) is 10.8. The van der Waals surface area contributed by atoms with E-state index in [1.54, 1.807) is 18.2 Å². The third-order valence-electron chi connectivity index (χ3n) is 3.21. The molecule has 5 nitrogen and oxygen atoms in total. The molecule has 0 radical (unpaired) electrons. The molecule has 0 aromatic heterocycles. The molecule has 0 aliphatic rings. The van der Waals surface area contributed by atoms with Crippen molar-refractivity contribution in [2.24, 2.45) is 0 Å². The van der Waals surface area contributed by atoms with Gasteiger partial charge in [-0.3, -0.25) is 4.79 Å². The lowest BCUT2D eigenvalue weighted by molar-refractivity contribution is -0.111. The number of nitrogens with one attached hydrogen (secondary N) is 1. The first kappa shape index (κ1) is 19.5. The number of alkyl halides is 2. The highest BCUT2D eigenvalue weighted by molar-refractivity contribution is 6.32. The highest BCUT2D eigenvalue weighted by Gasteiger charge is 2.10. The molecular formula is C18H16ClF2NO4. The van der Waals surface area contributed by atoms with Crippen molar-refractivity contribution in [3.05, 3.63) is 53.1 Å². The van der Waals surface area contributed by atoms with Crippen LogP contribution in [-0.4, -0.2) is 26.7 Å². The summed E-state index contributed by atoms with van der Waals surface area (Å²) in [5.74, 6) is 0.321. The number of amides is 1. The molecule has 2 rings (SSSR count). The van der Waals surface area contributed by atoms with E-state index in [0.29, 0.717) is 27.8 Å². The first-order valence-corrected chi connectivity index (χ1v) is 7.76. The number of rotatable bonds is 7. The summed E-state index contributed by atoms with van der Waals surface area (Å²) in [6.07, 6.45) is 2.81. The number of ether oxygens (including phenoxy) is 3. The molecule has 1 amide bonds. The van der Waals surface area contributed by atoms with Crippen molar-refractivity contribution in [3.63, 3.8) is 0 Å². The lowest BCUT2D eigenvalue weighted by atomic mass is 10.2. The summed E-state index contributed by atoms with van der Waals surface area (Å²) in [5, 5.41) is 2.89. The van der Waals surface area contributed by atoms with Gasteiger partial charge in [0.25, 0.3) is 0 Å². The first-order chi connectivity index (χ1) is 12.4. The molecule has 0 aliphatic carbocycles. The predicted octanol–water partition coefficient (Wildman–Crippen LogP) is 4.61. The Kier molecular flexibility index (Phi) is 6.80. The summed E-state index contributed by atoms with van der Waals surface area (Å²) >= 11 is 6.10. The maximum atomic E-state index is 12.2. The Morgan fingerprint density at radius 1 is 1.19 bits per heavy atom. The van der Waals surface area contributed by atoms with Crippen LogP contribution >= 0.6 is 11.6 Å². The lowest BCUT2D eigenvalue weighted by Gasteiger charge is -2.10. The minimum Gasteiger partial charge on any atom is -0.493 e.